The Balaban J connectivity index is 0.00000150. The molecule has 8 unspecified atom stereocenters. The number of aliphatic hydroxyl groups is 3. The zero-order chi connectivity index (χ0) is 44.6. The van der Waals surface area contributed by atoms with Gasteiger partial charge in [0.2, 0.25) is 0 Å². The number of unbranched alkanes of at least 4 members (excludes halogenated alkanes) is 1. The first kappa shape index (κ1) is 47.8. The third-order valence-electron chi connectivity index (χ3n) is 11.7. The second-order valence-corrected chi connectivity index (χ2v) is 18.0. The number of Topliss-reactive ketones (excluding diaryl/α,β-unsaturated/α-hetero) is 1. The number of nitrogens with zero attached hydrogens (tertiary/aromatic N) is 1. The molecular formula is C43H60N2O15. The number of nitrogens with one attached hydrogen (secondary N) is 1. The number of ether oxygens (including phenoxy) is 4. The van der Waals surface area contributed by atoms with Crippen molar-refractivity contribution < 1.29 is 68.2 Å². The van der Waals surface area contributed by atoms with Gasteiger partial charge in [-0.05, 0) is 127 Å². The van der Waals surface area contributed by atoms with Gasteiger partial charge < -0.3 is 44.4 Å². The maximum absolute atomic E-state index is 13.6. The molecular weight excluding hydrogens is 784 g/mol. The molecule has 332 valence electrons. The predicted molar refractivity (Wildman–Crippen MR) is 213 cm³/mol. The molecule has 0 radical (unpaired) electrons. The third kappa shape index (κ3) is 13.1. The number of amides is 1. The molecule has 1 amide bonds. The van der Waals surface area contributed by atoms with E-state index >= 15 is 0 Å². The lowest BCUT2D eigenvalue weighted by Crippen LogP contribution is -2.56. The Morgan fingerprint density at radius 2 is 1.63 bits per heavy atom. The highest BCUT2D eigenvalue weighted by molar-refractivity contribution is 6.01. The van der Waals surface area contributed by atoms with E-state index in [1.165, 1.54) is 26.0 Å². The first-order valence-electron chi connectivity index (χ1n) is 20.4. The molecule has 4 aliphatic carbocycles. The van der Waals surface area contributed by atoms with Crippen LogP contribution in [0.3, 0.4) is 0 Å². The number of alkyl carbamates (subject to hydrolysis) is 1. The molecule has 0 heterocycles. The van der Waals surface area contributed by atoms with E-state index in [-0.39, 0.29) is 67.0 Å². The molecule has 0 aromatic heterocycles. The molecule has 3 saturated carbocycles. The normalized spacial score (nSPS) is 27.3. The lowest BCUT2D eigenvalue weighted by atomic mass is 9.46. The largest absolute Gasteiger partial charge is 0.514 e. The molecule has 4 aliphatic rings. The molecule has 8 atom stereocenters. The number of carbonyl (C=O) groups excluding carboxylic acids is 5. The Bertz CT molecular complexity index is 1790. The van der Waals surface area contributed by atoms with Crippen LogP contribution in [0.15, 0.2) is 48.1 Å². The van der Waals surface area contributed by atoms with Gasteiger partial charge in [-0.3, -0.25) is 9.59 Å². The maximum atomic E-state index is 13.6. The number of fused-ring (bicyclic) bond motifs is 5. The van der Waals surface area contributed by atoms with E-state index in [1.807, 2.05) is 6.08 Å². The van der Waals surface area contributed by atoms with Crippen LogP contribution in [-0.4, -0.2) is 93.5 Å². The van der Waals surface area contributed by atoms with Crippen molar-refractivity contribution in [2.45, 2.75) is 123 Å². The number of allylic oxidation sites excluding steroid dienone is 4. The molecule has 1 aromatic rings. The Morgan fingerprint density at radius 3 is 2.27 bits per heavy atom. The molecule has 0 spiro atoms. The summed E-state index contributed by atoms with van der Waals surface area (Å²) >= 11 is 0. The zero-order valence-electron chi connectivity index (χ0n) is 35.5. The summed E-state index contributed by atoms with van der Waals surface area (Å²) in [6, 6.07) is 5.01. The van der Waals surface area contributed by atoms with Crippen molar-refractivity contribution in [2.75, 3.05) is 19.8 Å². The fourth-order valence-corrected chi connectivity index (χ4v) is 9.40. The third-order valence-corrected chi connectivity index (χ3v) is 11.7. The molecule has 0 aliphatic heterocycles. The van der Waals surface area contributed by atoms with Gasteiger partial charge in [0.15, 0.2) is 24.0 Å². The summed E-state index contributed by atoms with van der Waals surface area (Å²) < 4.78 is 21.2. The van der Waals surface area contributed by atoms with Crippen LogP contribution in [0.2, 0.25) is 0 Å². The number of carbonyl (C=O) groups is 5. The lowest BCUT2D eigenvalue weighted by molar-refractivity contribution is -0.757. The van der Waals surface area contributed by atoms with Crippen molar-refractivity contribution in [3.05, 3.63) is 63.7 Å². The lowest BCUT2D eigenvalue weighted by Gasteiger charge is -2.58. The number of hydrogen-bond donors (Lipinski definition) is 4. The van der Waals surface area contributed by atoms with Crippen LogP contribution in [0.25, 0.3) is 0 Å². The summed E-state index contributed by atoms with van der Waals surface area (Å²) in [6.45, 7) is 11.2. The van der Waals surface area contributed by atoms with E-state index in [9.17, 15) is 39.2 Å². The van der Waals surface area contributed by atoms with Crippen LogP contribution in [-0.2, 0) is 39.9 Å². The summed E-state index contributed by atoms with van der Waals surface area (Å²) in [5, 5.41) is 39.7. The molecule has 60 heavy (non-hydrogen) atoms. The van der Waals surface area contributed by atoms with Crippen molar-refractivity contribution in [3.8, 4) is 5.75 Å². The monoisotopic (exact) mass is 844 g/mol. The van der Waals surface area contributed by atoms with E-state index in [1.54, 1.807) is 45.1 Å². The number of aliphatic hydroxyl groups excluding tert-OH is 1. The number of rotatable bonds is 14. The maximum Gasteiger partial charge on any atom is 0.514 e. The Labute approximate surface area is 349 Å². The van der Waals surface area contributed by atoms with Gasteiger partial charge in [-0.2, -0.15) is 0 Å². The summed E-state index contributed by atoms with van der Waals surface area (Å²) in [7, 11) is 0. The van der Waals surface area contributed by atoms with Crippen molar-refractivity contribution in [2.24, 2.45) is 34.5 Å². The minimum absolute atomic E-state index is 0.00662. The number of benzene rings is 1. The van der Waals surface area contributed by atoms with Crippen LogP contribution in [0, 0.1) is 44.6 Å². The second-order valence-electron chi connectivity index (χ2n) is 18.0. The summed E-state index contributed by atoms with van der Waals surface area (Å²) in [6.07, 6.45) is 6.90. The Kier molecular flexibility index (Phi) is 15.7. The van der Waals surface area contributed by atoms with Gasteiger partial charge in [0.05, 0.1) is 19.3 Å². The van der Waals surface area contributed by atoms with Gasteiger partial charge >= 0.3 is 18.2 Å². The standard InChI is InChI=1S/C40H52N2O13.C3H8O2/c1-38(2,3)55-36(47)41-31(35(46)51-18-6-7-19-53-42(49)50)20-24-8-11-27(12-9-24)54-37(48)52-23-33(45)30-15-14-29-28-13-10-25-21-26(43)16-17-39(25,4)34(28)32(44)22-40(29,30)5;1-3(2,4)5/h8-9,11-12,16-17,21,28-32,34,44H,6-7,10,13-15,18-20,22-23H2,1-5H3,(H,41,47);4-5H,1-2H3. The first-order valence-corrected chi connectivity index (χ1v) is 20.4. The minimum atomic E-state index is -1.50. The van der Waals surface area contributed by atoms with Crippen LogP contribution in [0.1, 0.15) is 99.0 Å². The quantitative estimate of drug-likeness (QED) is 0.0351. The van der Waals surface area contributed by atoms with Crippen molar-refractivity contribution in [1.29, 1.82) is 0 Å². The summed E-state index contributed by atoms with van der Waals surface area (Å²) in [5.41, 5.74) is -0.00864. The van der Waals surface area contributed by atoms with Crippen molar-refractivity contribution in [3.63, 3.8) is 0 Å². The molecule has 1 aromatic carbocycles. The topological polar surface area (TPSA) is 247 Å². The highest BCUT2D eigenvalue weighted by Crippen LogP contribution is 2.66. The average Bonchev–Trinajstić information content (AvgIpc) is 3.47. The van der Waals surface area contributed by atoms with Gasteiger partial charge in [0, 0.05) is 23.7 Å². The second kappa shape index (κ2) is 19.7. The molecule has 17 heteroatoms. The van der Waals surface area contributed by atoms with Gasteiger partial charge in [-0.1, -0.05) is 37.6 Å². The molecule has 0 saturated heterocycles. The minimum Gasteiger partial charge on any atom is -0.464 e. The smallest absolute Gasteiger partial charge is 0.464 e. The first-order chi connectivity index (χ1) is 27.9. The SMILES string of the molecule is CC(C)(C)OC(=O)NC(Cc1ccc(OC(=O)OCC(=O)C2CCC3C4CCC5=CC(=O)C=CC5(C)C4C(O)CC23C)cc1)C(=O)OCCCCO[N+](=O)[O-].CC(C)(O)O. The summed E-state index contributed by atoms with van der Waals surface area (Å²) in [4.78, 5) is 78.3. The van der Waals surface area contributed by atoms with Crippen LogP contribution >= 0.6 is 0 Å². The molecule has 0 bridgehead atoms. The Morgan fingerprint density at radius 1 is 0.983 bits per heavy atom. The van der Waals surface area contributed by atoms with Crippen molar-refractivity contribution in [1.82, 2.24) is 5.32 Å². The van der Waals surface area contributed by atoms with Crippen molar-refractivity contribution >= 4 is 29.8 Å². The van der Waals surface area contributed by atoms with Gasteiger partial charge in [-0.15, -0.1) is 10.1 Å². The fourth-order valence-electron chi connectivity index (χ4n) is 9.40. The average molecular weight is 845 g/mol. The van der Waals surface area contributed by atoms with E-state index in [2.05, 4.69) is 24.0 Å². The van der Waals surface area contributed by atoms with E-state index in [4.69, 9.17) is 29.2 Å². The Hall–Kier alpha value is -4.87. The number of esters is 1. The highest BCUT2D eigenvalue weighted by atomic mass is 16.9. The number of ketones is 2. The molecule has 17 nitrogen and oxygen atoms in total. The van der Waals surface area contributed by atoms with Crippen LogP contribution in [0.5, 0.6) is 5.75 Å². The van der Waals surface area contributed by atoms with E-state index in [0.29, 0.717) is 24.8 Å². The van der Waals surface area contributed by atoms with Crippen LogP contribution in [0.4, 0.5) is 9.59 Å². The molecule has 3 fully saturated rings. The van der Waals surface area contributed by atoms with Gasteiger partial charge in [0.1, 0.15) is 17.4 Å². The fraction of sp³-hybridized carbons (Fsp3) is 0.651. The summed E-state index contributed by atoms with van der Waals surface area (Å²) in [5.74, 6) is -2.35. The van der Waals surface area contributed by atoms with E-state index < -0.39 is 64.3 Å². The zero-order valence-corrected chi connectivity index (χ0v) is 35.5. The molecule has 4 N–H and O–H groups in total. The molecule has 5 rings (SSSR count). The van der Waals surface area contributed by atoms with Gasteiger partial charge in [0.25, 0.3) is 5.09 Å². The van der Waals surface area contributed by atoms with E-state index in [0.717, 1.165) is 24.8 Å². The van der Waals surface area contributed by atoms with Gasteiger partial charge in [-0.25, -0.2) is 14.4 Å². The van der Waals surface area contributed by atoms with Crippen LogP contribution < -0.4 is 10.1 Å². The predicted octanol–water partition coefficient (Wildman–Crippen LogP) is 5.34. The highest BCUT2D eigenvalue weighted by Gasteiger charge is 2.62. The number of hydrogen-bond acceptors (Lipinski definition) is 15.